The average Bonchev–Trinajstić information content (AvgIpc) is 3.10. The summed E-state index contributed by atoms with van der Waals surface area (Å²) < 4.78 is 96.3. The molecule has 2 heterocycles. The molecule has 4 aromatic rings. The van der Waals surface area contributed by atoms with Crippen LogP contribution in [0.5, 0.6) is 0 Å². The summed E-state index contributed by atoms with van der Waals surface area (Å²) >= 11 is 0. The second kappa shape index (κ2) is 18.4. The molecule has 4 atom stereocenters. The second-order valence-corrected chi connectivity index (χ2v) is 16.0. The minimum Gasteiger partial charge on any atom is -0.372 e. The third kappa shape index (κ3) is 12.8. The molecule has 0 spiro atoms. The van der Waals surface area contributed by atoms with E-state index in [-0.39, 0.29) is 0 Å². The van der Waals surface area contributed by atoms with Crippen LogP contribution in [0.4, 0.5) is 8.78 Å². The summed E-state index contributed by atoms with van der Waals surface area (Å²) in [7, 11) is -7.46. The first-order chi connectivity index (χ1) is 24.8. The molecule has 0 aromatic heterocycles. The number of hydrogen-bond acceptors (Lipinski definition) is 10. The lowest BCUT2D eigenvalue weighted by Gasteiger charge is -2.36. The van der Waals surface area contributed by atoms with Gasteiger partial charge in [0.15, 0.2) is 0 Å². The molecule has 0 saturated carbocycles. The van der Waals surface area contributed by atoms with Gasteiger partial charge in [-0.3, -0.25) is 18.2 Å². The van der Waals surface area contributed by atoms with Crippen molar-refractivity contribution in [2.45, 2.75) is 37.5 Å². The Balaban J connectivity index is 0.000000201. The molecule has 52 heavy (non-hydrogen) atoms. The maximum Gasteiger partial charge on any atom is 0.265 e. The first-order valence-electron chi connectivity index (χ1n) is 16.8. The quantitative estimate of drug-likeness (QED) is 0.172. The van der Waals surface area contributed by atoms with Gasteiger partial charge >= 0.3 is 0 Å². The Morgan fingerprint density at radius 3 is 1.35 bits per heavy atom. The van der Waals surface area contributed by atoms with Crippen molar-refractivity contribution in [2.75, 3.05) is 51.9 Å². The Bertz CT molecular complexity index is 1800. The predicted octanol–water partition coefficient (Wildman–Crippen LogP) is 5.49. The van der Waals surface area contributed by atoms with Crippen molar-refractivity contribution in [2.24, 2.45) is 0 Å². The first kappa shape index (κ1) is 39.6. The van der Waals surface area contributed by atoms with Gasteiger partial charge < -0.3 is 9.47 Å². The van der Waals surface area contributed by atoms with E-state index in [2.05, 4.69) is 9.80 Å². The fourth-order valence-electron chi connectivity index (χ4n) is 6.21. The molecule has 4 aromatic carbocycles. The van der Waals surface area contributed by atoms with Crippen molar-refractivity contribution in [3.05, 3.63) is 143 Å². The third-order valence-electron chi connectivity index (χ3n) is 8.44. The topological polar surface area (TPSA) is 112 Å². The van der Waals surface area contributed by atoms with Gasteiger partial charge in [0.1, 0.15) is 36.1 Å². The Labute approximate surface area is 305 Å². The molecule has 2 aliphatic heterocycles. The molecule has 0 amide bonds. The predicted molar refractivity (Wildman–Crippen MR) is 193 cm³/mol. The second-order valence-electron chi connectivity index (χ2n) is 12.8. The summed E-state index contributed by atoms with van der Waals surface area (Å²) in [6.45, 7) is 4.83. The molecule has 14 heteroatoms. The Morgan fingerprint density at radius 2 is 1.00 bits per heavy atom. The highest BCUT2D eigenvalue weighted by molar-refractivity contribution is 7.86. The highest BCUT2D eigenvalue weighted by Gasteiger charge is 2.34. The van der Waals surface area contributed by atoms with Crippen LogP contribution in [0.2, 0.25) is 0 Å². The van der Waals surface area contributed by atoms with E-state index < -0.39 is 56.3 Å². The van der Waals surface area contributed by atoms with E-state index in [0.29, 0.717) is 37.4 Å². The van der Waals surface area contributed by atoms with Gasteiger partial charge in [-0.15, -0.1) is 0 Å². The molecule has 280 valence electrons. The van der Waals surface area contributed by atoms with Crippen LogP contribution in [0.3, 0.4) is 0 Å². The van der Waals surface area contributed by atoms with E-state index in [1.807, 2.05) is 60.7 Å². The number of nitrogens with zero attached hydrogens (tertiary/aromatic N) is 2. The number of benzene rings is 4. The molecule has 2 saturated heterocycles. The highest BCUT2D eigenvalue weighted by atomic mass is 32.2. The van der Waals surface area contributed by atoms with Crippen LogP contribution in [0, 0.1) is 11.6 Å². The smallest absolute Gasteiger partial charge is 0.265 e. The standard InChI is InChI=1S/2C19H22FNO4S/c2*1-26(22,23)25-19(16-8-5-9-17(20)12-16)18-14-21(10-11-24-18)13-15-6-3-2-4-7-15/h2*2-9,12,18-19H,10-11,13-14H2,1H3/t2*18-,19+/m10/s1. The van der Waals surface area contributed by atoms with Crippen LogP contribution >= 0.6 is 0 Å². The van der Waals surface area contributed by atoms with Crippen molar-refractivity contribution in [3.63, 3.8) is 0 Å². The maximum atomic E-state index is 13.6. The van der Waals surface area contributed by atoms with E-state index in [0.717, 1.165) is 38.7 Å². The number of halogens is 2. The summed E-state index contributed by atoms with van der Waals surface area (Å²) in [6, 6.07) is 31.6. The van der Waals surface area contributed by atoms with Crippen LogP contribution in [0.25, 0.3) is 0 Å². The number of hydrogen-bond donors (Lipinski definition) is 0. The van der Waals surface area contributed by atoms with E-state index in [9.17, 15) is 25.6 Å². The van der Waals surface area contributed by atoms with E-state index >= 15 is 0 Å². The van der Waals surface area contributed by atoms with Crippen molar-refractivity contribution >= 4 is 20.2 Å². The number of ether oxygens (including phenoxy) is 2. The molecular weight excluding hydrogens is 715 g/mol. The summed E-state index contributed by atoms with van der Waals surface area (Å²) in [6.07, 6.45) is -0.820. The Morgan fingerprint density at radius 1 is 0.615 bits per heavy atom. The van der Waals surface area contributed by atoms with Crippen LogP contribution in [-0.4, -0.2) is 90.7 Å². The van der Waals surface area contributed by atoms with Crippen LogP contribution in [0.15, 0.2) is 109 Å². The number of rotatable bonds is 12. The maximum absolute atomic E-state index is 13.6. The highest BCUT2D eigenvalue weighted by Crippen LogP contribution is 2.30. The molecule has 0 N–H and O–H groups in total. The third-order valence-corrected chi connectivity index (χ3v) is 9.55. The largest absolute Gasteiger partial charge is 0.372 e. The lowest BCUT2D eigenvalue weighted by atomic mass is 10.0. The van der Waals surface area contributed by atoms with E-state index in [4.69, 9.17) is 17.8 Å². The summed E-state index contributed by atoms with van der Waals surface area (Å²) in [5.41, 5.74) is 3.22. The molecule has 0 unspecified atom stereocenters. The first-order valence-corrected chi connectivity index (χ1v) is 20.5. The molecule has 2 aliphatic rings. The molecule has 0 radical (unpaired) electrons. The van der Waals surface area contributed by atoms with Gasteiger partial charge in [0.05, 0.1) is 25.7 Å². The minimum absolute atomic E-state index is 0.443. The zero-order chi connectivity index (χ0) is 37.1. The zero-order valence-electron chi connectivity index (χ0n) is 29.1. The summed E-state index contributed by atoms with van der Waals surface area (Å²) in [4.78, 5) is 4.36. The van der Waals surface area contributed by atoms with Gasteiger partial charge in [-0.1, -0.05) is 84.9 Å². The minimum atomic E-state index is -3.73. The molecule has 2 fully saturated rings. The normalized spacial score (nSPS) is 20.0. The van der Waals surface area contributed by atoms with Gasteiger partial charge in [0.25, 0.3) is 20.2 Å². The molecule has 6 rings (SSSR count). The average molecular weight is 759 g/mol. The zero-order valence-corrected chi connectivity index (χ0v) is 30.7. The van der Waals surface area contributed by atoms with Gasteiger partial charge in [-0.05, 0) is 46.5 Å². The van der Waals surface area contributed by atoms with Crippen molar-refractivity contribution in [1.29, 1.82) is 0 Å². The lowest BCUT2D eigenvalue weighted by molar-refractivity contribution is -0.0823. The fraction of sp³-hybridized carbons (Fsp3) is 0.368. The monoisotopic (exact) mass is 758 g/mol. The van der Waals surface area contributed by atoms with Crippen LogP contribution in [0.1, 0.15) is 34.5 Å². The molecule has 10 nitrogen and oxygen atoms in total. The van der Waals surface area contributed by atoms with E-state index in [1.54, 1.807) is 12.1 Å². The van der Waals surface area contributed by atoms with Gasteiger partial charge in [-0.25, -0.2) is 8.78 Å². The van der Waals surface area contributed by atoms with Crippen molar-refractivity contribution in [3.8, 4) is 0 Å². The molecule has 0 bridgehead atoms. The van der Waals surface area contributed by atoms with Crippen LogP contribution < -0.4 is 0 Å². The summed E-state index contributed by atoms with van der Waals surface area (Å²) in [5, 5.41) is 0. The number of morpholine rings is 2. The van der Waals surface area contributed by atoms with Crippen molar-refractivity contribution < 1.29 is 43.5 Å². The Hall–Kier alpha value is -3.60. The van der Waals surface area contributed by atoms with Crippen molar-refractivity contribution in [1.82, 2.24) is 9.80 Å². The lowest BCUT2D eigenvalue weighted by Crippen LogP contribution is -2.45. The van der Waals surface area contributed by atoms with E-state index in [1.165, 1.54) is 47.5 Å². The Kier molecular flexibility index (Phi) is 14.0. The van der Waals surface area contributed by atoms with Gasteiger partial charge in [-0.2, -0.15) is 16.8 Å². The van der Waals surface area contributed by atoms with Crippen LogP contribution in [-0.2, 0) is 51.2 Å². The molecule has 0 aliphatic carbocycles. The fourth-order valence-corrected chi connectivity index (χ4v) is 7.43. The van der Waals surface area contributed by atoms with Gasteiger partial charge in [0, 0.05) is 39.3 Å². The SMILES string of the molecule is CS(=O)(=O)O[C@@H](c1cccc(F)c1)[C@H]1CN(Cc2ccccc2)CCO1.CS(=O)(=O)O[C@H](c1cccc(F)c1)[C@@H]1CN(Cc2ccccc2)CCO1. The van der Waals surface area contributed by atoms with Gasteiger partial charge in [0.2, 0.25) is 0 Å². The molecular formula is C38H44F2N2O8S2. The summed E-state index contributed by atoms with van der Waals surface area (Å²) in [5.74, 6) is -0.886.